The molecule has 1 heterocycles. The second-order valence-electron chi connectivity index (χ2n) is 10.1. The zero-order valence-corrected chi connectivity index (χ0v) is 25.9. The van der Waals surface area contributed by atoms with Crippen LogP contribution in [0.4, 0.5) is 5.69 Å². The lowest BCUT2D eigenvalue weighted by Gasteiger charge is -2.27. The van der Waals surface area contributed by atoms with Gasteiger partial charge in [-0.1, -0.05) is 52.9 Å². The first-order chi connectivity index (χ1) is 20.0. The summed E-state index contributed by atoms with van der Waals surface area (Å²) in [6, 6.07) is 17.3. The van der Waals surface area contributed by atoms with E-state index >= 15 is 0 Å². The van der Waals surface area contributed by atoms with Crippen LogP contribution in [0.15, 0.2) is 100 Å². The number of rotatable bonds is 11. The first-order valence-electron chi connectivity index (χ1n) is 13.5. The molecule has 7 nitrogen and oxygen atoms in total. The Hall–Kier alpha value is -4.32. The smallest absolute Gasteiger partial charge is 0.284 e. The fourth-order valence-electron chi connectivity index (χ4n) is 3.96. The third-order valence-electron chi connectivity index (χ3n) is 6.16. The topological polar surface area (TPSA) is 83.9 Å². The number of amides is 1. The number of methoxy groups -OCH3 is 1. The minimum absolute atomic E-state index is 0.169. The molecule has 1 N–H and O–H groups in total. The van der Waals surface area contributed by atoms with Crippen molar-refractivity contribution >= 4 is 28.1 Å². The number of anilines is 1. The summed E-state index contributed by atoms with van der Waals surface area (Å²) >= 11 is 0. The Morgan fingerprint density at radius 1 is 1.10 bits per heavy atom. The number of pyridine rings is 1. The number of benzene rings is 2. The molecule has 1 amide bonds. The number of aromatic nitrogens is 1. The lowest BCUT2D eigenvalue weighted by atomic mass is 10.1. The molecule has 2 unspecified atom stereocenters. The second kappa shape index (κ2) is 15.6. The maximum Gasteiger partial charge on any atom is 0.284 e. The molecule has 0 bridgehead atoms. The number of allylic oxidation sites excluding steroid dienone is 2. The first-order valence-corrected chi connectivity index (χ1v) is 15.1. The molecule has 218 valence electrons. The van der Waals surface area contributed by atoms with Crippen LogP contribution in [-0.4, -0.2) is 55.3 Å². The molecule has 1 aromatic heterocycles. The predicted octanol–water partition coefficient (Wildman–Crippen LogP) is 6.04. The van der Waals surface area contributed by atoms with E-state index in [1.165, 1.54) is 6.20 Å². The van der Waals surface area contributed by atoms with Gasteiger partial charge in [0.25, 0.3) is 5.91 Å². The molecule has 3 rings (SSSR count). The molecule has 42 heavy (non-hydrogen) atoms. The average molecular weight is 583 g/mol. The lowest BCUT2D eigenvalue weighted by Crippen LogP contribution is -2.31. The number of nitrogens with one attached hydrogen (secondary N) is 1. The van der Waals surface area contributed by atoms with Crippen LogP contribution >= 0.6 is 0 Å². The fraction of sp³-hybridized carbons (Fsp3) is 0.265. The number of hydrogen-bond donors (Lipinski definition) is 1. The van der Waals surface area contributed by atoms with E-state index in [2.05, 4.69) is 33.1 Å². The van der Waals surface area contributed by atoms with Crippen molar-refractivity contribution in [1.29, 1.82) is 0 Å². The Labute approximate surface area is 251 Å². The van der Waals surface area contributed by atoms with Gasteiger partial charge in [0.05, 0.1) is 11.3 Å². The summed E-state index contributed by atoms with van der Waals surface area (Å²) in [7, 11) is 4.95. The molecule has 0 fully saturated rings. The van der Waals surface area contributed by atoms with Gasteiger partial charge < -0.3 is 19.7 Å². The van der Waals surface area contributed by atoms with E-state index in [1.54, 1.807) is 26.3 Å². The van der Waals surface area contributed by atoms with Crippen LogP contribution in [0.5, 0.6) is 0 Å². The molecule has 0 aliphatic rings. The highest BCUT2D eigenvalue weighted by molar-refractivity contribution is 7.87. The molecule has 2 aromatic carbocycles. The summed E-state index contributed by atoms with van der Waals surface area (Å²) in [6.45, 7) is 7.52. The van der Waals surface area contributed by atoms with Crippen molar-refractivity contribution in [2.24, 2.45) is 4.36 Å². The van der Waals surface area contributed by atoms with E-state index in [9.17, 15) is 9.59 Å². The summed E-state index contributed by atoms with van der Waals surface area (Å²) in [5.74, 6) is 6.10. The van der Waals surface area contributed by atoms with Crippen molar-refractivity contribution in [2.75, 3.05) is 32.8 Å². The summed E-state index contributed by atoms with van der Waals surface area (Å²) < 4.78 is 10.1. The number of hydrogen-bond acceptors (Lipinski definition) is 6. The quantitative estimate of drug-likeness (QED) is 0.169. The van der Waals surface area contributed by atoms with E-state index in [0.29, 0.717) is 24.0 Å². The molecule has 2 atom stereocenters. The number of nitrogens with zero attached hydrogens (tertiary/aromatic N) is 3. The van der Waals surface area contributed by atoms with Crippen LogP contribution in [0.1, 0.15) is 47.3 Å². The van der Waals surface area contributed by atoms with Gasteiger partial charge in [0, 0.05) is 61.7 Å². The van der Waals surface area contributed by atoms with Crippen molar-refractivity contribution in [3.63, 3.8) is 0 Å². The van der Waals surface area contributed by atoms with Crippen LogP contribution in [0.2, 0.25) is 0 Å². The highest BCUT2D eigenvalue weighted by Gasteiger charge is 2.15. The molecule has 0 spiro atoms. The van der Waals surface area contributed by atoms with Crippen LogP contribution in [0.3, 0.4) is 0 Å². The molecule has 0 aliphatic heterocycles. The van der Waals surface area contributed by atoms with Gasteiger partial charge >= 0.3 is 0 Å². The van der Waals surface area contributed by atoms with Gasteiger partial charge in [-0.3, -0.25) is 9.78 Å². The maximum absolute atomic E-state index is 12.9. The summed E-state index contributed by atoms with van der Waals surface area (Å²) in [6.07, 6.45) is 7.89. The molecule has 0 aliphatic carbocycles. The standard InChI is InChI=1S/C34H38N4O3S/c1-24(2)19-32(38(4)5)34(41-6)36-30-10-8-9-27(21-30)13-14-28-20-29(23-35-22-28)33(40)37-42(7)31-17-15-26(16-18-31)12-11-25(3)39/h8-10,15-23,34,36H,1,11-12H2,2-7H3/b32-19-. The molecule has 0 saturated heterocycles. The van der Waals surface area contributed by atoms with Crippen LogP contribution in [0, 0.1) is 11.8 Å². The molecular weight excluding hydrogens is 544 g/mol. The second-order valence-corrected chi connectivity index (χ2v) is 11.7. The van der Waals surface area contributed by atoms with Gasteiger partial charge in [-0.05, 0) is 74.6 Å². The Bertz CT molecular complexity index is 1560. The van der Waals surface area contributed by atoms with Crippen molar-refractivity contribution in [2.45, 2.75) is 37.8 Å². The third kappa shape index (κ3) is 9.95. The number of ketones is 1. The predicted molar refractivity (Wildman–Crippen MR) is 171 cm³/mol. The molecular formula is C34H38N4O3S. The summed E-state index contributed by atoms with van der Waals surface area (Å²) in [5, 5.41) is 3.40. The number of Topliss-reactive ketones (excluding diaryl/α,β-unsaturated/α-hetero) is 1. The van der Waals surface area contributed by atoms with Gasteiger partial charge in [-0.25, -0.2) is 0 Å². The van der Waals surface area contributed by atoms with Gasteiger partial charge in [0.2, 0.25) is 0 Å². The fourth-order valence-corrected chi connectivity index (χ4v) is 4.95. The van der Waals surface area contributed by atoms with E-state index in [1.807, 2.05) is 86.8 Å². The van der Waals surface area contributed by atoms with Gasteiger partial charge in [0.1, 0.15) is 5.78 Å². The normalized spacial score (nSPS) is 12.6. The van der Waals surface area contributed by atoms with Gasteiger partial charge in [-0.2, -0.15) is 4.36 Å². The molecule has 0 radical (unpaired) electrons. The number of likely N-dealkylation sites (N-methyl/N-ethyl adjacent to an activating group) is 1. The van der Waals surface area contributed by atoms with E-state index in [0.717, 1.165) is 33.0 Å². The Kier molecular flexibility index (Phi) is 12.0. The Morgan fingerprint density at radius 3 is 2.45 bits per heavy atom. The maximum atomic E-state index is 12.9. The lowest BCUT2D eigenvalue weighted by molar-refractivity contribution is -0.116. The monoisotopic (exact) mass is 582 g/mol. The average Bonchev–Trinajstić information content (AvgIpc) is 2.97. The third-order valence-corrected chi connectivity index (χ3v) is 7.56. The largest absolute Gasteiger partial charge is 0.377 e. The summed E-state index contributed by atoms with van der Waals surface area (Å²) in [4.78, 5) is 31.3. The zero-order chi connectivity index (χ0) is 30.6. The zero-order valence-electron chi connectivity index (χ0n) is 25.1. The number of carbonyl (C=O) groups excluding carboxylic acids is 2. The highest BCUT2D eigenvalue weighted by atomic mass is 32.2. The van der Waals surface area contributed by atoms with Crippen LogP contribution < -0.4 is 5.32 Å². The molecule has 8 heteroatoms. The van der Waals surface area contributed by atoms with E-state index in [-0.39, 0.29) is 17.9 Å². The Balaban J connectivity index is 1.74. The van der Waals surface area contributed by atoms with Gasteiger partial charge in [-0.15, -0.1) is 0 Å². The number of ether oxygens (including phenoxy) is 1. The minimum Gasteiger partial charge on any atom is -0.377 e. The van der Waals surface area contributed by atoms with Crippen molar-refractivity contribution in [3.8, 4) is 11.8 Å². The number of carbonyl (C=O) groups is 2. The summed E-state index contributed by atoms with van der Waals surface area (Å²) in [5.41, 5.74) is 5.61. The minimum atomic E-state index is -0.628. The van der Waals surface area contributed by atoms with Crippen LogP contribution in [-0.2, 0) is 26.6 Å². The van der Waals surface area contributed by atoms with Crippen molar-refractivity contribution in [3.05, 3.63) is 113 Å². The first kappa shape index (κ1) is 32.2. The van der Waals surface area contributed by atoms with Crippen molar-refractivity contribution in [1.82, 2.24) is 9.88 Å². The number of aryl methyl sites for hydroxylation is 1. The van der Waals surface area contributed by atoms with E-state index in [4.69, 9.17) is 4.74 Å². The SMILES string of the molecule is C=C(C)/C=C(/C(Nc1cccc(C#Cc2cncc(C(=O)N=S(C)c3ccc(CCC(C)=O)cc3)c2)c1)OC)N(C)C. The highest BCUT2D eigenvalue weighted by Crippen LogP contribution is 2.18. The molecule has 3 aromatic rings. The van der Waals surface area contributed by atoms with Crippen molar-refractivity contribution < 1.29 is 14.3 Å². The Morgan fingerprint density at radius 2 is 1.81 bits per heavy atom. The van der Waals surface area contributed by atoms with Crippen LogP contribution in [0.25, 0.3) is 0 Å². The van der Waals surface area contributed by atoms with E-state index < -0.39 is 10.7 Å². The van der Waals surface area contributed by atoms with Gasteiger partial charge in [0.15, 0.2) is 6.23 Å². The molecule has 0 saturated carbocycles.